The molecule has 0 unspecified atom stereocenters. The summed E-state index contributed by atoms with van der Waals surface area (Å²) in [5.74, 6) is -0.128. The Morgan fingerprint density at radius 2 is 2.08 bits per heavy atom. The van der Waals surface area contributed by atoms with Gasteiger partial charge >= 0.3 is 6.11 Å². The first-order chi connectivity index (χ1) is 11.2. The lowest BCUT2D eigenvalue weighted by Gasteiger charge is -2.29. The molecule has 1 aromatic heterocycles. The number of aromatic nitrogens is 2. The van der Waals surface area contributed by atoms with Gasteiger partial charge < -0.3 is 9.84 Å². The Hall–Kier alpha value is -2.28. The first kappa shape index (κ1) is 18.1. The number of halogens is 2. The van der Waals surface area contributed by atoms with Gasteiger partial charge in [-0.05, 0) is 45.2 Å². The van der Waals surface area contributed by atoms with Crippen LogP contribution in [0.2, 0.25) is 0 Å². The molecule has 24 heavy (non-hydrogen) atoms. The van der Waals surface area contributed by atoms with Crippen LogP contribution in [0.3, 0.4) is 0 Å². The molecule has 0 radical (unpaired) electrons. The Kier molecular flexibility index (Phi) is 5.03. The third-order valence-corrected chi connectivity index (χ3v) is 3.58. The van der Waals surface area contributed by atoms with Gasteiger partial charge in [0.2, 0.25) is 0 Å². The van der Waals surface area contributed by atoms with Gasteiger partial charge in [0.15, 0.2) is 11.4 Å². The molecule has 2 aromatic rings. The first-order valence-electron chi connectivity index (χ1n) is 7.63. The fourth-order valence-electron chi connectivity index (χ4n) is 2.25. The predicted molar refractivity (Wildman–Crippen MR) is 88.6 cm³/mol. The topological polar surface area (TPSA) is 59.6 Å². The molecule has 0 spiro atoms. The van der Waals surface area contributed by atoms with Gasteiger partial charge in [-0.2, -0.15) is 13.9 Å². The lowest BCUT2D eigenvalue weighted by Crippen LogP contribution is -2.47. The number of aliphatic hydroxyl groups is 1. The van der Waals surface area contributed by atoms with E-state index in [4.69, 9.17) is 4.74 Å². The molecule has 0 amide bonds. The number of hydrogen-bond acceptors (Lipinski definition) is 4. The van der Waals surface area contributed by atoms with Crippen molar-refractivity contribution in [3.63, 3.8) is 0 Å². The van der Waals surface area contributed by atoms with E-state index in [1.165, 1.54) is 6.07 Å². The highest BCUT2D eigenvalue weighted by Crippen LogP contribution is 2.40. The molecular formula is C17H21F2N3O2. The van der Waals surface area contributed by atoms with Crippen LogP contribution in [-0.2, 0) is 6.42 Å². The number of benzene rings is 1. The van der Waals surface area contributed by atoms with Crippen LogP contribution in [0.1, 0.15) is 32.8 Å². The van der Waals surface area contributed by atoms with Crippen molar-refractivity contribution >= 4 is 12.4 Å². The van der Waals surface area contributed by atoms with Crippen LogP contribution >= 0.6 is 0 Å². The number of alkyl halides is 2. The fraction of sp³-hybridized carbons (Fsp3) is 0.412. The number of aliphatic imine (C=N–C) groups is 1. The highest BCUT2D eigenvalue weighted by Gasteiger charge is 2.49. The van der Waals surface area contributed by atoms with Crippen LogP contribution in [0.25, 0.3) is 5.69 Å². The third kappa shape index (κ3) is 3.46. The van der Waals surface area contributed by atoms with Crippen LogP contribution in [0.4, 0.5) is 14.5 Å². The quantitative estimate of drug-likeness (QED) is 0.780. The molecule has 1 N–H and O–H groups in total. The molecule has 2 rings (SSSR count). The number of ether oxygens (including phenoxy) is 1. The second kappa shape index (κ2) is 6.68. The van der Waals surface area contributed by atoms with Gasteiger partial charge in [-0.15, -0.1) is 0 Å². The summed E-state index contributed by atoms with van der Waals surface area (Å²) >= 11 is 0. The smallest absolute Gasteiger partial charge is 0.426 e. The summed E-state index contributed by atoms with van der Waals surface area (Å²) in [7, 11) is 0. The summed E-state index contributed by atoms with van der Waals surface area (Å²) in [6, 6.07) is 4.80. The first-order valence-corrected chi connectivity index (χ1v) is 7.63. The van der Waals surface area contributed by atoms with E-state index < -0.39 is 11.7 Å². The SMILES string of the molecule is C=Nc1c(OC(F)(F)C(C)(C)O)ccc(-n2cccn2)c1CCC. The zero-order valence-corrected chi connectivity index (χ0v) is 14.0. The number of rotatable bonds is 7. The Morgan fingerprint density at radius 1 is 1.38 bits per heavy atom. The molecule has 0 bridgehead atoms. The van der Waals surface area contributed by atoms with Crippen molar-refractivity contribution in [3.05, 3.63) is 36.2 Å². The standard InChI is InChI=1S/C17H21F2N3O2/c1-5-7-12-13(22-11-6-10-21-22)8-9-14(15(12)20-4)24-17(18,19)16(2,3)23/h6,8-11,23H,4-5,7H2,1-3H3. The zero-order valence-electron chi connectivity index (χ0n) is 14.0. The molecule has 0 fully saturated rings. The lowest BCUT2D eigenvalue weighted by atomic mass is 10.0. The van der Waals surface area contributed by atoms with Crippen LogP contribution in [0, 0.1) is 0 Å². The zero-order chi connectivity index (χ0) is 18.0. The maximum Gasteiger partial charge on any atom is 0.426 e. The van der Waals surface area contributed by atoms with Gasteiger partial charge in [0.05, 0.1) is 5.69 Å². The molecular weight excluding hydrogens is 316 g/mol. The van der Waals surface area contributed by atoms with Crippen molar-refractivity contribution in [2.24, 2.45) is 4.99 Å². The molecule has 0 aliphatic carbocycles. The van der Waals surface area contributed by atoms with E-state index in [0.717, 1.165) is 26.0 Å². The Balaban J connectivity index is 2.55. The largest absolute Gasteiger partial charge is 0.428 e. The predicted octanol–water partition coefficient (Wildman–Crippen LogP) is 3.90. The Labute approximate surface area is 139 Å². The third-order valence-electron chi connectivity index (χ3n) is 3.58. The van der Waals surface area contributed by atoms with Crippen molar-refractivity contribution in [2.45, 2.75) is 45.3 Å². The van der Waals surface area contributed by atoms with Crippen molar-refractivity contribution in [1.82, 2.24) is 9.78 Å². The van der Waals surface area contributed by atoms with Crippen molar-refractivity contribution in [1.29, 1.82) is 0 Å². The molecule has 7 heteroatoms. The van der Waals surface area contributed by atoms with Crippen molar-refractivity contribution in [3.8, 4) is 11.4 Å². The van der Waals surface area contributed by atoms with Gasteiger partial charge in [0, 0.05) is 18.0 Å². The molecule has 130 valence electrons. The molecule has 0 saturated heterocycles. The summed E-state index contributed by atoms with van der Waals surface area (Å²) in [4.78, 5) is 3.89. The highest BCUT2D eigenvalue weighted by atomic mass is 19.3. The maximum absolute atomic E-state index is 14.1. The van der Waals surface area contributed by atoms with Gasteiger partial charge in [-0.1, -0.05) is 13.3 Å². The molecule has 1 heterocycles. The molecule has 0 saturated carbocycles. The number of nitrogens with zero attached hydrogens (tertiary/aromatic N) is 3. The average molecular weight is 337 g/mol. The monoisotopic (exact) mass is 337 g/mol. The average Bonchev–Trinajstić information content (AvgIpc) is 3.00. The minimum absolute atomic E-state index is 0.128. The summed E-state index contributed by atoms with van der Waals surface area (Å²) in [5, 5.41) is 13.8. The summed E-state index contributed by atoms with van der Waals surface area (Å²) in [6.07, 6.45) is 0.983. The van der Waals surface area contributed by atoms with E-state index in [1.54, 1.807) is 29.2 Å². The molecule has 5 nitrogen and oxygen atoms in total. The van der Waals surface area contributed by atoms with Crippen LogP contribution in [0.15, 0.2) is 35.6 Å². The molecule has 0 aliphatic heterocycles. The van der Waals surface area contributed by atoms with Crippen molar-refractivity contribution < 1.29 is 18.6 Å². The van der Waals surface area contributed by atoms with E-state index in [1.807, 2.05) is 6.92 Å². The van der Waals surface area contributed by atoms with Crippen LogP contribution in [-0.4, -0.2) is 33.3 Å². The van der Waals surface area contributed by atoms with Crippen LogP contribution < -0.4 is 4.74 Å². The van der Waals surface area contributed by atoms with E-state index in [2.05, 4.69) is 16.8 Å². The minimum atomic E-state index is -3.77. The van der Waals surface area contributed by atoms with Gasteiger partial charge in [0.25, 0.3) is 0 Å². The summed E-state index contributed by atoms with van der Waals surface area (Å²) < 4.78 is 34.6. The second-order valence-electron chi connectivity index (χ2n) is 5.95. The van der Waals surface area contributed by atoms with Crippen LogP contribution in [0.5, 0.6) is 5.75 Å². The fourth-order valence-corrected chi connectivity index (χ4v) is 2.25. The Bertz CT molecular complexity index is 707. The Morgan fingerprint density at radius 3 is 2.58 bits per heavy atom. The van der Waals surface area contributed by atoms with E-state index >= 15 is 0 Å². The second-order valence-corrected chi connectivity index (χ2v) is 5.95. The van der Waals surface area contributed by atoms with Crippen molar-refractivity contribution in [2.75, 3.05) is 0 Å². The lowest BCUT2D eigenvalue weighted by molar-refractivity contribution is -0.276. The normalized spacial score (nSPS) is 12.2. The molecule has 0 atom stereocenters. The molecule has 1 aromatic carbocycles. The van der Waals surface area contributed by atoms with E-state index in [9.17, 15) is 13.9 Å². The van der Waals surface area contributed by atoms with E-state index in [0.29, 0.717) is 12.0 Å². The minimum Gasteiger partial charge on any atom is -0.428 e. The van der Waals surface area contributed by atoms with Gasteiger partial charge in [-0.3, -0.25) is 4.99 Å². The maximum atomic E-state index is 14.1. The summed E-state index contributed by atoms with van der Waals surface area (Å²) in [5.41, 5.74) is -0.672. The highest BCUT2D eigenvalue weighted by molar-refractivity contribution is 5.67. The van der Waals surface area contributed by atoms with Gasteiger partial charge in [0.1, 0.15) is 5.69 Å². The van der Waals surface area contributed by atoms with Gasteiger partial charge in [-0.25, -0.2) is 4.68 Å². The summed E-state index contributed by atoms with van der Waals surface area (Å²) in [6.45, 7) is 7.42. The van der Waals surface area contributed by atoms with E-state index in [-0.39, 0.29) is 11.4 Å². The molecule has 0 aliphatic rings. The number of hydrogen-bond donors (Lipinski definition) is 1.